The molecule has 2 fully saturated rings. The summed E-state index contributed by atoms with van der Waals surface area (Å²) in [6.07, 6.45) is -1.67. The van der Waals surface area contributed by atoms with E-state index in [-0.39, 0.29) is 11.8 Å². The van der Waals surface area contributed by atoms with Gasteiger partial charge >= 0.3 is 6.18 Å². The fraction of sp³-hybridized carbons (Fsp3) is 0.611. The maximum atomic E-state index is 12.9. The largest absolute Gasteiger partial charge is 0.411 e. The first-order chi connectivity index (χ1) is 11.3. The number of hydrogen-bond acceptors (Lipinski definition) is 3. The normalized spacial score (nSPS) is 30.8. The predicted molar refractivity (Wildman–Crippen MR) is 83.2 cm³/mol. The van der Waals surface area contributed by atoms with Crippen molar-refractivity contribution in [2.45, 2.75) is 31.0 Å². The van der Waals surface area contributed by atoms with E-state index >= 15 is 0 Å². The Hall–Kier alpha value is -1.58. The number of likely N-dealkylation sites (tertiary alicyclic amines) is 1. The van der Waals surface area contributed by atoms with Crippen molar-refractivity contribution in [1.82, 2.24) is 4.90 Å². The van der Waals surface area contributed by atoms with Crippen LogP contribution in [0.25, 0.3) is 0 Å². The van der Waals surface area contributed by atoms with Crippen molar-refractivity contribution in [1.29, 1.82) is 5.26 Å². The molecule has 1 saturated carbocycles. The van der Waals surface area contributed by atoms with Crippen LogP contribution in [0.3, 0.4) is 0 Å². The van der Waals surface area contributed by atoms with Gasteiger partial charge in [0.25, 0.3) is 0 Å². The van der Waals surface area contributed by atoms with E-state index in [0.717, 1.165) is 19.3 Å². The van der Waals surface area contributed by atoms with E-state index in [9.17, 15) is 13.2 Å². The molecule has 6 heteroatoms. The molecule has 24 heavy (non-hydrogen) atoms. The Bertz CT molecular complexity index is 624. The predicted octanol–water partition coefficient (Wildman–Crippen LogP) is 3.69. The van der Waals surface area contributed by atoms with Gasteiger partial charge in [-0.3, -0.25) is 0 Å². The fourth-order valence-corrected chi connectivity index (χ4v) is 4.48. The van der Waals surface area contributed by atoms with Crippen LogP contribution in [-0.4, -0.2) is 37.8 Å². The second-order valence-electron chi connectivity index (χ2n) is 6.94. The summed E-state index contributed by atoms with van der Waals surface area (Å²) in [6.45, 7) is 0.177. The summed E-state index contributed by atoms with van der Waals surface area (Å²) in [7, 11) is 2.00. The summed E-state index contributed by atoms with van der Waals surface area (Å²) in [4.78, 5) is 2.18. The van der Waals surface area contributed by atoms with Crippen LogP contribution >= 0.6 is 0 Å². The SMILES string of the molecule is CN1C[C@H]2CCC[C@@H](C1)[C@]2(OCC(F)(F)F)c1cccc(C#N)c1. The van der Waals surface area contributed by atoms with Gasteiger partial charge in [-0.05, 0) is 37.6 Å². The molecule has 1 aliphatic heterocycles. The Kier molecular flexibility index (Phi) is 4.58. The van der Waals surface area contributed by atoms with Crippen LogP contribution in [0.4, 0.5) is 13.2 Å². The van der Waals surface area contributed by atoms with Crippen LogP contribution < -0.4 is 0 Å². The molecular weight excluding hydrogens is 317 g/mol. The lowest BCUT2D eigenvalue weighted by Gasteiger charge is -2.55. The maximum absolute atomic E-state index is 12.9. The van der Waals surface area contributed by atoms with E-state index in [1.54, 1.807) is 18.2 Å². The molecule has 1 aliphatic carbocycles. The number of rotatable bonds is 3. The maximum Gasteiger partial charge on any atom is 0.411 e. The molecule has 3 atom stereocenters. The molecule has 0 amide bonds. The summed E-state index contributed by atoms with van der Waals surface area (Å²) in [5.41, 5.74) is 0.223. The molecule has 3 nitrogen and oxygen atoms in total. The van der Waals surface area contributed by atoms with Crippen molar-refractivity contribution < 1.29 is 17.9 Å². The standard InChI is InChI=1S/C18H21F3N2O/c1-23-10-15-6-3-7-16(11-23)18(15,24-12-17(19,20)21)14-5-2-4-13(8-14)9-22/h2,4-5,8,15-16H,3,6-7,10-12H2,1H3/t15-,16+,18+. The van der Waals surface area contributed by atoms with E-state index in [2.05, 4.69) is 11.0 Å². The summed E-state index contributed by atoms with van der Waals surface area (Å²) < 4.78 is 44.4. The minimum absolute atomic E-state index is 0.00583. The first kappa shape index (κ1) is 17.2. The summed E-state index contributed by atoms with van der Waals surface area (Å²) in [5, 5.41) is 9.17. The number of nitriles is 1. The van der Waals surface area contributed by atoms with Crippen molar-refractivity contribution >= 4 is 0 Å². The molecule has 1 saturated heterocycles. The van der Waals surface area contributed by atoms with Gasteiger partial charge in [0.1, 0.15) is 12.2 Å². The van der Waals surface area contributed by atoms with Gasteiger partial charge in [0, 0.05) is 24.9 Å². The third kappa shape index (κ3) is 3.15. The van der Waals surface area contributed by atoms with E-state index in [1.165, 1.54) is 0 Å². The van der Waals surface area contributed by atoms with E-state index in [0.29, 0.717) is 24.2 Å². The summed E-state index contributed by atoms with van der Waals surface area (Å²) in [6, 6.07) is 9.01. The van der Waals surface area contributed by atoms with Gasteiger partial charge in [-0.1, -0.05) is 18.6 Å². The third-order valence-electron chi connectivity index (χ3n) is 5.30. The summed E-state index contributed by atoms with van der Waals surface area (Å²) in [5.74, 6) is 0.0117. The van der Waals surface area contributed by atoms with Gasteiger partial charge in [-0.25, -0.2) is 0 Å². The lowest BCUT2D eigenvalue weighted by molar-refractivity contribution is -0.251. The first-order valence-electron chi connectivity index (χ1n) is 8.25. The minimum Gasteiger partial charge on any atom is -0.360 e. The number of alkyl halides is 3. The van der Waals surface area contributed by atoms with E-state index < -0.39 is 18.4 Å². The third-order valence-corrected chi connectivity index (χ3v) is 5.30. The Morgan fingerprint density at radius 2 is 1.96 bits per heavy atom. The van der Waals surface area contributed by atoms with Gasteiger partial charge in [0.15, 0.2) is 0 Å². The molecule has 0 radical (unpaired) electrons. The quantitative estimate of drug-likeness (QED) is 0.843. The van der Waals surface area contributed by atoms with Crippen LogP contribution in [-0.2, 0) is 10.3 Å². The molecule has 1 aromatic carbocycles. The highest BCUT2D eigenvalue weighted by atomic mass is 19.4. The van der Waals surface area contributed by atoms with Gasteiger partial charge in [-0.2, -0.15) is 18.4 Å². The molecule has 0 spiro atoms. The Morgan fingerprint density at radius 3 is 2.54 bits per heavy atom. The van der Waals surface area contributed by atoms with E-state index in [4.69, 9.17) is 10.00 Å². The number of nitrogens with zero attached hydrogens (tertiary/aromatic N) is 2. The Morgan fingerprint density at radius 1 is 1.29 bits per heavy atom. The van der Waals surface area contributed by atoms with Crippen LogP contribution in [0.5, 0.6) is 0 Å². The van der Waals surface area contributed by atoms with Gasteiger partial charge < -0.3 is 9.64 Å². The Labute approximate surface area is 140 Å². The molecular formula is C18H21F3N2O. The molecule has 130 valence electrons. The second kappa shape index (κ2) is 6.38. The van der Waals surface area contributed by atoms with Crippen LogP contribution in [0.15, 0.2) is 24.3 Å². The van der Waals surface area contributed by atoms with Crippen molar-refractivity contribution in [3.8, 4) is 6.07 Å². The number of piperidine rings is 1. The zero-order valence-corrected chi connectivity index (χ0v) is 13.6. The molecule has 3 rings (SSSR count). The average molecular weight is 338 g/mol. The van der Waals surface area contributed by atoms with Crippen molar-refractivity contribution in [3.63, 3.8) is 0 Å². The minimum atomic E-state index is -4.36. The topological polar surface area (TPSA) is 36.3 Å². The first-order valence-corrected chi connectivity index (χ1v) is 8.25. The van der Waals surface area contributed by atoms with Crippen LogP contribution in [0.2, 0.25) is 0 Å². The van der Waals surface area contributed by atoms with Gasteiger partial charge in [-0.15, -0.1) is 0 Å². The second-order valence-corrected chi connectivity index (χ2v) is 6.94. The zero-order valence-electron chi connectivity index (χ0n) is 13.6. The van der Waals surface area contributed by atoms with Crippen molar-refractivity contribution in [2.75, 3.05) is 26.7 Å². The van der Waals surface area contributed by atoms with Crippen molar-refractivity contribution in [2.24, 2.45) is 11.8 Å². The molecule has 0 aromatic heterocycles. The fourth-order valence-electron chi connectivity index (χ4n) is 4.48. The monoisotopic (exact) mass is 338 g/mol. The van der Waals surface area contributed by atoms with Gasteiger partial charge in [0.2, 0.25) is 0 Å². The van der Waals surface area contributed by atoms with Gasteiger partial charge in [0.05, 0.1) is 11.6 Å². The van der Waals surface area contributed by atoms with Crippen molar-refractivity contribution in [3.05, 3.63) is 35.4 Å². The molecule has 0 unspecified atom stereocenters. The smallest absolute Gasteiger partial charge is 0.360 e. The number of hydrogen-bond donors (Lipinski definition) is 0. The number of halogens is 3. The molecule has 2 aliphatic rings. The molecule has 1 aromatic rings. The Balaban J connectivity index is 2.05. The number of benzene rings is 1. The average Bonchev–Trinajstić information content (AvgIpc) is 2.52. The molecule has 2 bridgehead atoms. The van der Waals surface area contributed by atoms with E-state index in [1.807, 2.05) is 13.1 Å². The highest BCUT2D eigenvalue weighted by Gasteiger charge is 2.54. The highest BCUT2D eigenvalue weighted by molar-refractivity contribution is 5.37. The molecule has 0 N–H and O–H groups in total. The number of ether oxygens (including phenoxy) is 1. The molecule has 1 heterocycles. The number of fused-ring (bicyclic) bond motifs is 2. The highest BCUT2D eigenvalue weighted by Crippen LogP contribution is 2.52. The lowest BCUT2D eigenvalue weighted by Crippen LogP contribution is -2.59. The zero-order chi connectivity index (χ0) is 17.4. The lowest BCUT2D eigenvalue weighted by atomic mass is 9.62. The van der Waals surface area contributed by atoms with Crippen LogP contribution in [0.1, 0.15) is 30.4 Å². The summed E-state index contributed by atoms with van der Waals surface area (Å²) >= 11 is 0. The van der Waals surface area contributed by atoms with Crippen LogP contribution in [0, 0.1) is 23.2 Å².